The van der Waals surface area contributed by atoms with Crippen molar-refractivity contribution in [2.75, 3.05) is 6.61 Å². The zero-order valence-electron chi connectivity index (χ0n) is 13.0. The number of nitrogens with zero attached hydrogens (tertiary/aromatic N) is 3. The molecule has 0 radical (unpaired) electrons. The van der Waals surface area contributed by atoms with E-state index in [9.17, 15) is 10.1 Å². The van der Waals surface area contributed by atoms with Gasteiger partial charge < -0.3 is 9.30 Å². The summed E-state index contributed by atoms with van der Waals surface area (Å²) in [6.07, 6.45) is 4.37. The fourth-order valence-corrected chi connectivity index (χ4v) is 2.70. The Morgan fingerprint density at radius 1 is 1.42 bits per heavy atom. The fraction of sp³-hybridized carbons (Fsp3) is 0.400. The van der Waals surface area contributed by atoms with Crippen LogP contribution in [0.4, 0.5) is 0 Å². The van der Waals surface area contributed by atoms with Crippen molar-refractivity contribution in [1.82, 2.24) is 9.55 Å². The van der Waals surface area contributed by atoms with E-state index in [1.54, 1.807) is 24.4 Å². The lowest BCUT2D eigenvalue weighted by Crippen LogP contribution is -2.25. The van der Waals surface area contributed by atoms with Crippen LogP contribution in [-0.2, 0) is 9.57 Å². The van der Waals surface area contributed by atoms with Gasteiger partial charge in [-0.3, -0.25) is 4.84 Å². The molecule has 1 aromatic heterocycles. The van der Waals surface area contributed by atoms with E-state index in [4.69, 9.17) is 32.8 Å². The first-order valence-electron chi connectivity index (χ1n) is 7.38. The number of rotatable bonds is 9. The van der Waals surface area contributed by atoms with E-state index in [1.165, 1.54) is 17.1 Å². The third-order valence-corrected chi connectivity index (χ3v) is 3.90. The summed E-state index contributed by atoms with van der Waals surface area (Å²) in [5.74, 6) is 0. The summed E-state index contributed by atoms with van der Waals surface area (Å²) in [7, 11) is 0. The van der Waals surface area contributed by atoms with Crippen LogP contribution >= 0.6 is 23.2 Å². The van der Waals surface area contributed by atoms with Crippen LogP contribution in [0.2, 0.25) is 10.0 Å². The number of hydrogen-bond acceptors (Lipinski definition) is 5. The molecule has 2 rings (SSSR count). The van der Waals surface area contributed by atoms with Crippen molar-refractivity contribution in [2.24, 2.45) is 0 Å². The summed E-state index contributed by atoms with van der Waals surface area (Å²) in [5.41, 5.74) is 0.553. The summed E-state index contributed by atoms with van der Waals surface area (Å²) in [5, 5.41) is 10.9. The molecule has 2 atom stereocenters. The van der Waals surface area contributed by atoms with Gasteiger partial charge in [0, 0.05) is 34.6 Å². The first kappa shape index (κ1) is 18.5. The molecular formula is C15H17Cl2N3O4. The molecule has 0 N–H and O–H groups in total. The zero-order chi connectivity index (χ0) is 17.5. The molecule has 0 saturated carbocycles. The first-order valence-corrected chi connectivity index (χ1v) is 8.13. The van der Waals surface area contributed by atoms with Crippen LogP contribution in [0.15, 0.2) is 36.9 Å². The summed E-state index contributed by atoms with van der Waals surface area (Å²) >= 11 is 12.2. The topological polar surface area (TPSA) is 79.4 Å². The largest absolute Gasteiger partial charge is 0.369 e. The van der Waals surface area contributed by atoms with Crippen LogP contribution in [0.25, 0.3) is 0 Å². The monoisotopic (exact) mass is 373 g/mol. The van der Waals surface area contributed by atoms with Crippen molar-refractivity contribution in [3.8, 4) is 0 Å². The number of hydrogen-bond donors (Lipinski definition) is 0. The molecule has 9 heteroatoms. The van der Waals surface area contributed by atoms with E-state index in [2.05, 4.69) is 4.98 Å². The van der Waals surface area contributed by atoms with Crippen molar-refractivity contribution in [2.45, 2.75) is 32.1 Å². The van der Waals surface area contributed by atoms with Crippen LogP contribution in [-0.4, -0.2) is 21.2 Å². The molecule has 2 unspecified atom stereocenters. The number of imidazole rings is 1. The molecule has 0 spiro atoms. The highest BCUT2D eigenvalue weighted by atomic mass is 35.5. The summed E-state index contributed by atoms with van der Waals surface area (Å²) in [4.78, 5) is 19.7. The van der Waals surface area contributed by atoms with Crippen molar-refractivity contribution in [3.63, 3.8) is 0 Å². The Morgan fingerprint density at radius 2 is 2.21 bits per heavy atom. The van der Waals surface area contributed by atoms with Crippen molar-refractivity contribution < 1.29 is 14.7 Å². The van der Waals surface area contributed by atoms with Crippen molar-refractivity contribution in [3.05, 3.63) is 62.6 Å². The Bertz CT molecular complexity index is 667. The van der Waals surface area contributed by atoms with Crippen LogP contribution in [0, 0.1) is 10.1 Å². The van der Waals surface area contributed by atoms with Crippen LogP contribution in [0.3, 0.4) is 0 Å². The lowest BCUT2D eigenvalue weighted by molar-refractivity contribution is -0.778. The van der Waals surface area contributed by atoms with Gasteiger partial charge in [0.15, 0.2) is 0 Å². The Hall–Kier alpha value is -1.83. The highest BCUT2D eigenvalue weighted by Gasteiger charge is 2.30. The fourth-order valence-electron chi connectivity index (χ4n) is 2.19. The number of ether oxygens (including phenoxy) is 1. The minimum absolute atomic E-state index is 0.348. The quantitative estimate of drug-likeness (QED) is 0.368. The molecule has 0 aliphatic carbocycles. The molecule has 2 aromatic rings. The van der Waals surface area contributed by atoms with Crippen LogP contribution in [0.1, 0.15) is 37.7 Å². The van der Waals surface area contributed by atoms with E-state index in [1.807, 2.05) is 6.92 Å². The molecule has 0 fully saturated rings. The minimum Gasteiger partial charge on any atom is -0.369 e. The predicted octanol–water partition coefficient (Wildman–Crippen LogP) is 4.45. The second kappa shape index (κ2) is 8.86. The van der Waals surface area contributed by atoms with Gasteiger partial charge in [-0.1, -0.05) is 42.6 Å². The molecule has 0 aliphatic heterocycles. The number of halogens is 2. The second-order valence-electron chi connectivity index (χ2n) is 5.04. The zero-order valence-corrected chi connectivity index (χ0v) is 14.5. The molecule has 24 heavy (non-hydrogen) atoms. The summed E-state index contributed by atoms with van der Waals surface area (Å²) < 4.78 is 7.33. The van der Waals surface area contributed by atoms with Gasteiger partial charge in [-0.2, -0.15) is 0 Å². The maximum atomic E-state index is 10.9. The second-order valence-corrected chi connectivity index (χ2v) is 5.88. The predicted molar refractivity (Wildman–Crippen MR) is 89.4 cm³/mol. The normalized spacial score (nSPS) is 13.5. The average molecular weight is 374 g/mol. The van der Waals surface area contributed by atoms with Gasteiger partial charge in [-0.05, 0) is 18.6 Å². The molecule has 1 aromatic carbocycles. The lowest BCUT2D eigenvalue weighted by Gasteiger charge is -2.27. The van der Waals surface area contributed by atoms with Gasteiger partial charge in [-0.15, -0.1) is 10.1 Å². The lowest BCUT2D eigenvalue weighted by atomic mass is 10.1. The Labute approximate surface area is 149 Å². The SMILES string of the molecule is CCCCOC(c1ccc(Cl)cc1Cl)C(O[N+](=O)[O-])n1ccnc1. The molecule has 0 aliphatic rings. The third kappa shape index (κ3) is 4.83. The van der Waals surface area contributed by atoms with Crippen LogP contribution in [0.5, 0.6) is 0 Å². The van der Waals surface area contributed by atoms with Crippen molar-refractivity contribution in [1.29, 1.82) is 0 Å². The van der Waals surface area contributed by atoms with Crippen molar-refractivity contribution >= 4 is 23.2 Å². The van der Waals surface area contributed by atoms with E-state index in [0.717, 1.165) is 12.8 Å². The molecular weight excluding hydrogens is 357 g/mol. The van der Waals surface area contributed by atoms with Gasteiger partial charge in [0.25, 0.3) is 5.09 Å². The van der Waals surface area contributed by atoms with Gasteiger partial charge in [0.1, 0.15) is 6.10 Å². The number of benzene rings is 1. The smallest absolute Gasteiger partial charge is 0.296 e. The maximum absolute atomic E-state index is 10.9. The number of aromatic nitrogens is 2. The molecule has 1 heterocycles. The molecule has 130 valence electrons. The standard InChI is InChI=1S/C15H17Cl2N3O4/c1-2-3-8-23-14(12-5-4-11(16)9-13(12)17)15(24-20(21)22)19-7-6-18-10-19/h4-7,9-10,14-15H,2-3,8H2,1H3. The van der Waals surface area contributed by atoms with E-state index in [-0.39, 0.29) is 0 Å². The highest BCUT2D eigenvalue weighted by molar-refractivity contribution is 6.35. The van der Waals surface area contributed by atoms with E-state index < -0.39 is 17.4 Å². The highest BCUT2D eigenvalue weighted by Crippen LogP contribution is 2.36. The Balaban J connectivity index is 2.39. The maximum Gasteiger partial charge on any atom is 0.296 e. The molecule has 0 saturated heterocycles. The average Bonchev–Trinajstić information content (AvgIpc) is 3.05. The molecule has 7 nitrogen and oxygen atoms in total. The van der Waals surface area contributed by atoms with Crippen LogP contribution < -0.4 is 0 Å². The van der Waals surface area contributed by atoms with Gasteiger partial charge >= 0.3 is 0 Å². The third-order valence-electron chi connectivity index (χ3n) is 3.34. The van der Waals surface area contributed by atoms with E-state index >= 15 is 0 Å². The van der Waals surface area contributed by atoms with Gasteiger partial charge in [0.2, 0.25) is 6.23 Å². The summed E-state index contributed by atoms with van der Waals surface area (Å²) in [6.45, 7) is 2.43. The molecule has 0 amide bonds. The first-order chi connectivity index (χ1) is 11.5. The van der Waals surface area contributed by atoms with Gasteiger partial charge in [0.05, 0.1) is 6.33 Å². The van der Waals surface area contributed by atoms with Gasteiger partial charge in [-0.25, -0.2) is 4.98 Å². The minimum atomic E-state index is -1.06. The number of unbranched alkanes of at least 4 members (excludes halogenated alkanes) is 1. The summed E-state index contributed by atoms with van der Waals surface area (Å²) in [6, 6.07) is 4.89. The molecule has 0 bridgehead atoms. The van der Waals surface area contributed by atoms with E-state index in [0.29, 0.717) is 22.2 Å². The Kier molecular flexibility index (Phi) is 6.84. The Morgan fingerprint density at radius 3 is 2.79 bits per heavy atom.